The fourth-order valence-corrected chi connectivity index (χ4v) is 4.41. The molecule has 0 atom stereocenters. The lowest BCUT2D eigenvalue weighted by atomic mass is 10.0. The van der Waals surface area contributed by atoms with Crippen LogP contribution in [0.4, 0.5) is 0 Å². The summed E-state index contributed by atoms with van der Waals surface area (Å²) < 4.78 is 11.7. The normalized spacial score (nSPS) is 15.6. The summed E-state index contributed by atoms with van der Waals surface area (Å²) in [7, 11) is 0. The molecule has 0 saturated carbocycles. The lowest BCUT2D eigenvalue weighted by molar-refractivity contribution is 0.0739. The predicted molar refractivity (Wildman–Crippen MR) is 113 cm³/mol. The number of pyridine rings is 1. The second kappa shape index (κ2) is 8.48. The Morgan fingerprint density at radius 3 is 2.62 bits per heavy atom. The number of aromatic nitrogens is 2. The third-order valence-electron chi connectivity index (χ3n) is 4.85. The maximum Gasteiger partial charge on any atom is 0.199 e. The Balaban J connectivity index is 1.71. The van der Waals surface area contributed by atoms with Crippen LogP contribution in [0, 0.1) is 0 Å². The van der Waals surface area contributed by atoms with Crippen molar-refractivity contribution >= 4 is 23.4 Å². The number of halogens is 1. The highest BCUT2D eigenvalue weighted by atomic mass is 35.5. The zero-order chi connectivity index (χ0) is 20.4. The van der Waals surface area contributed by atoms with Gasteiger partial charge in [0.1, 0.15) is 11.3 Å². The summed E-state index contributed by atoms with van der Waals surface area (Å²) in [5.74, 6) is 0.985. The molecule has 29 heavy (non-hydrogen) atoms. The molecular formula is C22H23ClN2O3S. The molecule has 0 radical (unpaired) electrons. The lowest BCUT2D eigenvalue weighted by Gasteiger charge is -2.18. The quantitative estimate of drug-likeness (QED) is 0.563. The van der Waals surface area contributed by atoms with Crippen LogP contribution in [0.15, 0.2) is 57.0 Å². The third kappa shape index (κ3) is 4.83. The first-order valence-electron chi connectivity index (χ1n) is 9.61. The topological polar surface area (TPSA) is 68.4 Å². The first-order valence-corrected chi connectivity index (χ1v) is 10.8. The minimum Gasteiger partial charge on any atom is -0.433 e. The van der Waals surface area contributed by atoms with E-state index in [0.717, 1.165) is 48.1 Å². The average Bonchev–Trinajstić information content (AvgIpc) is 3.12. The van der Waals surface area contributed by atoms with Gasteiger partial charge in [0.15, 0.2) is 11.0 Å². The monoisotopic (exact) mass is 430 g/mol. The number of rotatable bonds is 5. The Bertz CT molecular complexity index is 976. The number of benzene rings is 1. The summed E-state index contributed by atoms with van der Waals surface area (Å²) in [4.78, 5) is 10.2. The van der Waals surface area contributed by atoms with Crippen molar-refractivity contribution in [1.82, 2.24) is 9.97 Å². The molecule has 7 heteroatoms. The van der Waals surface area contributed by atoms with Crippen molar-refractivity contribution in [3.63, 3.8) is 0 Å². The minimum atomic E-state index is -0.992. The molecule has 0 aliphatic carbocycles. The summed E-state index contributed by atoms with van der Waals surface area (Å²) >= 11 is 7.64. The van der Waals surface area contributed by atoms with Gasteiger partial charge in [-0.2, -0.15) is 0 Å². The predicted octanol–water partition coefficient (Wildman–Crippen LogP) is 5.66. The first-order chi connectivity index (χ1) is 13.9. The molecule has 4 rings (SSSR count). The molecule has 1 N–H and O–H groups in total. The van der Waals surface area contributed by atoms with Crippen molar-refractivity contribution in [1.29, 1.82) is 0 Å². The molecule has 1 aliphatic heterocycles. The van der Waals surface area contributed by atoms with Gasteiger partial charge in [0.2, 0.25) is 0 Å². The van der Waals surface area contributed by atoms with E-state index in [9.17, 15) is 5.11 Å². The van der Waals surface area contributed by atoms with Crippen molar-refractivity contribution < 1.29 is 14.3 Å². The van der Waals surface area contributed by atoms with Gasteiger partial charge in [0.05, 0.1) is 5.69 Å². The number of hydrogen-bond acceptors (Lipinski definition) is 6. The highest BCUT2D eigenvalue weighted by Gasteiger charge is 2.25. The molecular weight excluding hydrogens is 408 g/mol. The number of hydrogen-bond donors (Lipinski definition) is 1. The van der Waals surface area contributed by atoms with Crippen LogP contribution in [-0.4, -0.2) is 28.3 Å². The van der Waals surface area contributed by atoms with E-state index in [2.05, 4.69) is 4.98 Å². The van der Waals surface area contributed by atoms with Crippen LogP contribution in [-0.2, 0) is 10.3 Å². The number of ether oxygens (including phenoxy) is 1. The van der Waals surface area contributed by atoms with Crippen LogP contribution in [0.2, 0.25) is 5.02 Å². The van der Waals surface area contributed by atoms with Gasteiger partial charge in [-0.15, -0.1) is 0 Å². The zero-order valence-electron chi connectivity index (χ0n) is 16.4. The van der Waals surface area contributed by atoms with Gasteiger partial charge in [0.25, 0.3) is 0 Å². The van der Waals surface area contributed by atoms with Crippen LogP contribution in [0.3, 0.4) is 0 Å². The van der Waals surface area contributed by atoms with E-state index >= 15 is 0 Å². The smallest absolute Gasteiger partial charge is 0.199 e. The first kappa shape index (κ1) is 20.4. The van der Waals surface area contributed by atoms with E-state index in [1.54, 1.807) is 20.0 Å². The summed E-state index contributed by atoms with van der Waals surface area (Å²) in [5, 5.41) is 11.6. The molecule has 2 aromatic heterocycles. The van der Waals surface area contributed by atoms with Crippen molar-refractivity contribution in [2.24, 2.45) is 0 Å². The fourth-order valence-electron chi connectivity index (χ4n) is 3.23. The number of nitrogens with zero attached hydrogens (tertiary/aromatic N) is 2. The third-order valence-corrected chi connectivity index (χ3v) is 6.04. The Kier molecular flexibility index (Phi) is 5.97. The van der Waals surface area contributed by atoms with Crippen LogP contribution in [0.1, 0.15) is 44.2 Å². The maximum atomic E-state index is 10.2. The van der Waals surface area contributed by atoms with Crippen LogP contribution in [0.5, 0.6) is 0 Å². The van der Waals surface area contributed by atoms with E-state index in [1.165, 1.54) is 11.8 Å². The number of oxazole rings is 1. The van der Waals surface area contributed by atoms with E-state index in [0.29, 0.717) is 15.8 Å². The van der Waals surface area contributed by atoms with E-state index in [1.807, 2.05) is 36.4 Å². The Morgan fingerprint density at radius 1 is 1.17 bits per heavy atom. The highest BCUT2D eigenvalue weighted by molar-refractivity contribution is 7.99. The van der Waals surface area contributed by atoms with Crippen molar-refractivity contribution in [2.75, 3.05) is 13.2 Å². The lowest BCUT2D eigenvalue weighted by Crippen LogP contribution is -2.17. The van der Waals surface area contributed by atoms with Crippen molar-refractivity contribution in [3.8, 4) is 11.3 Å². The molecule has 0 amide bonds. The Hall–Kier alpha value is -1.86. The second-order valence-electron chi connectivity index (χ2n) is 7.63. The average molecular weight is 431 g/mol. The molecule has 5 nitrogen and oxygen atoms in total. The minimum absolute atomic E-state index is 0.250. The molecule has 0 unspecified atom stereocenters. The van der Waals surface area contributed by atoms with Gasteiger partial charge in [-0.3, -0.25) is 4.98 Å². The SMILES string of the molecule is CC(C)(O)c1ccc(-c2nc(C3CCOCC3)oc2Sc2cccc(Cl)c2)cn1. The largest absolute Gasteiger partial charge is 0.433 e. The van der Waals surface area contributed by atoms with Crippen LogP contribution < -0.4 is 0 Å². The summed E-state index contributed by atoms with van der Waals surface area (Å²) in [6.45, 7) is 4.88. The molecule has 1 fully saturated rings. The molecule has 0 spiro atoms. The van der Waals surface area contributed by atoms with Gasteiger partial charge in [-0.1, -0.05) is 17.7 Å². The van der Waals surface area contributed by atoms with E-state index < -0.39 is 5.60 Å². The van der Waals surface area contributed by atoms with Crippen molar-refractivity contribution in [2.45, 2.75) is 48.2 Å². The summed E-state index contributed by atoms with van der Waals surface area (Å²) in [5.41, 5.74) is 1.22. The maximum absolute atomic E-state index is 10.2. The molecule has 1 aromatic carbocycles. The Labute approximate surface area is 179 Å². The van der Waals surface area contributed by atoms with Gasteiger partial charge < -0.3 is 14.3 Å². The second-order valence-corrected chi connectivity index (χ2v) is 9.11. The van der Waals surface area contributed by atoms with Gasteiger partial charge in [-0.05, 0) is 68.8 Å². The molecule has 0 bridgehead atoms. The Morgan fingerprint density at radius 2 is 1.97 bits per heavy atom. The standard InChI is InChI=1S/C22H23ClN2O3S/c1-22(2,26)18-7-6-15(13-24-18)19-21(29-17-5-3-4-16(23)12-17)28-20(25-19)14-8-10-27-11-9-14/h3-7,12-14,26H,8-11H2,1-2H3. The number of aliphatic hydroxyl groups is 1. The fraction of sp³-hybridized carbons (Fsp3) is 0.364. The highest BCUT2D eigenvalue weighted by Crippen LogP contribution is 2.40. The van der Waals surface area contributed by atoms with Gasteiger partial charge in [0, 0.05) is 40.8 Å². The van der Waals surface area contributed by atoms with Gasteiger partial charge in [-0.25, -0.2) is 4.98 Å². The molecule has 3 aromatic rings. The molecule has 1 saturated heterocycles. The molecule has 152 valence electrons. The van der Waals surface area contributed by atoms with E-state index in [4.69, 9.17) is 25.7 Å². The summed E-state index contributed by atoms with van der Waals surface area (Å²) in [6, 6.07) is 11.4. The molecule has 3 heterocycles. The zero-order valence-corrected chi connectivity index (χ0v) is 18.0. The summed E-state index contributed by atoms with van der Waals surface area (Å²) in [6.07, 6.45) is 3.54. The van der Waals surface area contributed by atoms with Crippen LogP contribution in [0.25, 0.3) is 11.3 Å². The van der Waals surface area contributed by atoms with Gasteiger partial charge >= 0.3 is 0 Å². The molecule has 1 aliphatic rings. The van der Waals surface area contributed by atoms with E-state index in [-0.39, 0.29) is 5.92 Å². The van der Waals surface area contributed by atoms with Crippen molar-refractivity contribution in [3.05, 3.63) is 59.2 Å². The van der Waals surface area contributed by atoms with Crippen LogP contribution >= 0.6 is 23.4 Å².